The summed E-state index contributed by atoms with van der Waals surface area (Å²) < 4.78 is 65.3. The number of imidazole rings is 1. The number of aromatic amines is 1. The first-order valence-corrected chi connectivity index (χ1v) is 13.8. The predicted octanol–water partition coefficient (Wildman–Crippen LogP) is 1.09. The van der Waals surface area contributed by atoms with Crippen molar-refractivity contribution in [2.45, 2.75) is 63.4 Å². The summed E-state index contributed by atoms with van der Waals surface area (Å²) in [4.78, 5) is 34.5. The zero-order valence-corrected chi connectivity index (χ0v) is 22.9. The van der Waals surface area contributed by atoms with Gasteiger partial charge < -0.3 is 29.9 Å². The Morgan fingerprint density at radius 3 is 2.61 bits per heavy atom. The molecular formula is C23H29F2N6O9P. The number of hydrogen-bond acceptors (Lipinski definition) is 12. The summed E-state index contributed by atoms with van der Waals surface area (Å²) in [5, 5.41) is 23.9. The minimum absolute atomic E-state index is 0.00317. The molecule has 3 aromatic rings. The van der Waals surface area contributed by atoms with Crippen molar-refractivity contribution in [2.24, 2.45) is 0 Å². The van der Waals surface area contributed by atoms with E-state index in [1.807, 2.05) is 0 Å². The molecule has 18 heteroatoms. The van der Waals surface area contributed by atoms with Crippen molar-refractivity contribution in [3.05, 3.63) is 47.0 Å². The van der Waals surface area contributed by atoms with E-state index in [0.29, 0.717) is 0 Å². The minimum atomic E-state index is -4.66. The number of carbonyl (C=O) groups is 1. The molecule has 1 aliphatic heterocycles. The van der Waals surface area contributed by atoms with Gasteiger partial charge in [-0.25, -0.2) is 18.3 Å². The molecule has 0 saturated carbocycles. The van der Waals surface area contributed by atoms with E-state index in [-0.39, 0.29) is 22.9 Å². The van der Waals surface area contributed by atoms with Gasteiger partial charge in [-0.3, -0.25) is 23.7 Å². The van der Waals surface area contributed by atoms with Crippen molar-refractivity contribution in [3.8, 4) is 5.75 Å². The molecule has 1 saturated heterocycles. The molecule has 0 aliphatic carbocycles. The number of benzene rings is 1. The number of aliphatic hydroxyl groups excluding tert-OH is 2. The second kappa shape index (κ2) is 11.8. The van der Waals surface area contributed by atoms with E-state index < -0.39 is 68.5 Å². The van der Waals surface area contributed by atoms with Gasteiger partial charge in [-0.2, -0.15) is 10.1 Å². The van der Waals surface area contributed by atoms with E-state index in [2.05, 4.69) is 20.0 Å². The van der Waals surface area contributed by atoms with Crippen LogP contribution in [0.5, 0.6) is 5.75 Å². The van der Waals surface area contributed by atoms with Crippen LogP contribution in [0.3, 0.4) is 0 Å². The average Bonchev–Trinajstić information content (AvgIpc) is 3.42. The molecule has 4 rings (SSSR count). The normalized spacial score (nSPS) is 25.0. The van der Waals surface area contributed by atoms with Crippen molar-refractivity contribution < 1.29 is 46.9 Å². The number of hydrogen-bond donors (Lipinski definition) is 5. The molecule has 224 valence electrons. The van der Waals surface area contributed by atoms with Crippen molar-refractivity contribution >= 4 is 30.8 Å². The highest BCUT2D eigenvalue weighted by Crippen LogP contribution is 2.49. The van der Waals surface area contributed by atoms with Crippen LogP contribution in [0.2, 0.25) is 0 Å². The quantitative estimate of drug-likeness (QED) is 0.154. The third-order valence-electron chi connectivity index (χ3n) is 6.04. The SMILES string of the molecule is CC(C)OC(=O)C(C)NP(=O)(OCC1(C(F)F)OC(n2cnc3c(=O)[nH]c(N)nc32)C(O)C1O)Oc1ccccc1. The highest BCUT2D eigenvalue weighted by molar-refractivity contribution is 7.52. The minimum Gasteiger partial charge on any atom is -0.462 e. The van der Waals surface area contributed by atoms with Crippen LogP contribution < -0.4 is 20.9 Å². The number of fused-ring (bicyclic) bond motifs is 1. The summed E-state index contributed by atoms with van der Waals surface area (Å²) >= 11 is 0. The monoisotopic (exact) mass is 602 g/mol. The molecule has 0 amide bonds. The molecule has 0 radical (unpaired) electrons. The Bertz CT molecular complexity index is 1490. The summed E-state index contributed by atoms with van der Waals surface area (Å²) in [5.41, 5.74) is 1.42. The van der Waals surface area contributed by atoms with Gasteiger partial charge >= 0.3 is 13.7 Å². The number of ether oxygens (including phenoxy) is 2. The zero-order valence-electron chi connectivity index (χ0n) is 22.0. The Labute approximate surface area is 231 Å². The molecule has 1 aromatic carbocycles. The molecular weight excluding hydrogens is 573 g/mol. The van der Waals surface area contributed by atoms with Crippen LogP contribution in [0.25, 0.3) is 11.2 Å². The van der Waals surface area contributed by atoms with E-state index >= 15 is 0 Å². The molecule has 2 aromatic heterocycles. The fourth-order valence-corrected chi connectivity index (χ4v) is 5.57. The lowest BCUT2D eigenvalue weighted by molar-refractivity contribution is -0.191. The summed E-state index contributed by atoms with van der Waals surface area (Å²) in [5.74, 6) is -1.15. The first kappa shape index (κ1) is 30.5. The third kappa shape index (κ3) is 6.24. The van der Waals surface area contributed by atoms with Crippen molar-refractivity contribution in [2.75, 3.05) is 12.3 Å². The number of alkyl halides is 2. The van der Waals surface area contributed by atoms with E-state index in [1.165, 1.54) is 19.1 Å². The number of carbonyl (C=O) groups excluding carboxylic acids is 1. The number of aliphatic hydroxyl groups is 2. The number of nitrogens with zero attached hydrogens (tertiary/aromatic N) is 3. The molecule has 6 N–H and O–H groups in total. The van der Waals surface area contributed by atoms with Crippen LogP contribution in [0.1, 0.15) is 27.0 Å². The molecule has 1 fully saturated rings. The van der Waals surface area contributed by atoms with Crippen molar-refractivity contribution in [1.82, 2.24) is 24.6 Å². The number of H-pyrrole nitrogens is 1. The Balaban J connectivity index is 1.64. The molecule has 6 atom stereocenters. The number of esters is 1. The van der Waals surface area contributed by atoms with Gasteiger partial charge in [-0.1, -0.05) is 18.2 Å². The second-order valence-electron chi connectivity index (χ2n) is 9.49. The standard InChI is InChI=1S/C23H29F2N6O9P/c1-11(2)38-20(35)12(3)30-41(36,40-13-7-5-4-6-8-13)37-9-23(21(24)25)16(33)15(32)19(39-23)31-10-27-14-17(31)28-22(26)29-18(14)34/h4-8,10-12,15-16,19,21,32-33H,9H2,1-3H3,(H,30,36)(H3,26,28,29,34). The zero-order chi connectivity index (χ0) is 30.1. The van der Waals surface area contributed by atoms with Crippen LogP contribution in [0, 0.1) is 0 Å². The summed E-state index contributed by atoms with van der Waals surface area (Å²) in [6, 6.07) is 6.26. The number of nitrogen functional groups attached to an aromatic ring is 1. The molecule has 0 bridgehead atoms. The summed E-state index contributed by atoms with van der Waals surface area (Å²) in [7, 11) is -4.66. The average molecular weight is 602 g/mol. The number of halogens is 2. The van der Waals surface area contributed by atoms with E-state index in [0.717, 1.165) is 10.9 Å². The molecule has 15 nitrogen and oxygen atoms in total. The van der Waals surface area contributed by atoms with Gasteiger partial charge in [0.15, 0.2) is 23.0 Å². The van der Waals surface area contributed by atoms with Crippen LogP contribution in [0.15, 0.2) is 41.5 Å². The van der Waals surface area contributed by atoms with Gasteiger partial charge in [0, 0.05) is 0 Å². The molecule has 3 heterocycles. The smallest absolute Gasteiger partial charge is 0.459 e. The summed E-state index contributed by atoms with van der Waals surface area (Å²) in [6.07, 6.45) is -9.11. The summed E-state index contributed by atoms with van der Waals surface area (Å²) in [6.45, 7) is 3.20. The first-order valence-electron chi connectivity index (χ1n) is 12.3. The predicted molar refractivity (Wildman–Crippen MR) is 138 cm³/mol. The highest BCUT2D eigenvalue weighted by Gasteiger charge is 2.61. The largest absolute Gasteiger partial charge is 0.462 e. The maximum absolute atomic E-state index is 14.6. The van der Waals surface area contributed by atoms with Crippen LogP contribution in [-0.4, -0.2) is 78.7 Å². The highest BCUT2D eigenvalue weighted by atomic mass is 31.2. The third-order valence-corrected chi connectivity index (χ3v) is 7.66. The van der Waals surface area contributed by atoms with Crippen LogP contribution >= 0.6 is 7.75 Å². The number of nitrogens with one attached hydrogen (secondary N) is 2. The molecule has 0 spiro atoms. The Hall–Kier alpha value is -3.47. The maximum Gasteiger partial charge on any atom is 0.459 e. The second-order valence-corrected chi connectivity index (χ2v) is 11.2. The fraction of sp³-hybridized carbons (Fsp3) is 0.478. The van der Waals surface area contributed by atoms with Crippen LogP contribution in [0.4, 0.5) is 14.7 Å². The molecule has 41 heavy (non-hydrogen) atoms. The Morgan fingerprint density at radius 2 is 1.98 bits per heavy atom. The number of aromatic nitrogens is 4. The van der Waals surface area contributed by atoms with Crippen molar-refractivity contribution in [1.29, 1.82) is 0 Å². The number of anilines is 1. The lowest BCUT2D eigenvalue weighted by atomic mass is 9.96. The maximum atomic E-state index is 14.6. The van der Waals surface area contributed by atoms with E-state index in [1.54, 1.807) is 32.0 Å². The fourth-order valence-electron chi connectivity index (χ4n) is 4.04. The number of para-hydroxylation sites is 1. The van der Waals surface area contributed by atoms with Gasteiger partial charge in [-0.15, -0.1) is 0 Å². The van der Waals surface area contributed by atoms with Gasteiger partial charge in [0.05, 0.1) is 19.0 Å². The Morgan fingerprint density at radius 1 is 1.29 bits per heavy atom. The van der Waals surface area contributed by atoms with E-state index in [9.17, 15) is 33.1 Å². The lowest BCUT2D eigenvalue weighted by Gasteiger charge is -2.32. The number of rotatable bonds is 11. The topological polar surface area (TPSA) is 213 Å². The van der Waals surface area contributed by atoms with Gasteiger partial charge in [0.25, 0.3) is 12.0 Å². The molecule has 6 unspecified atom stereocenters. The lowest BCUT2D eigenvalue weighted by Crippen LogP contribution is -2.53. The van der Waals surface area contributed by atoms with Gasteiger partial charge in [-0.05, 0) is 32.9 Å². The van der Waals surface area contributed by atoms with E-state index in [4.69, 9.17) is 24.3 Å². The van der Waals surface area contributed by atoms with Crippen molar-refractivity contribution in [3.63, 3.8) is 0 Å². The Kier molecular flexibility index (Phi) is 8.77. The number of nitrogens with two attached hydrogens (primary N) is 1. The molecule has 1 aliphatic rings. The first-order chi connectivity index (χ1) is 19.3. The van der Waals surface area contributed by atoms with Gasteiger partial charge in [0.1, 0.15) is 24.0 Å². The van der Waals surface area contributed by atoms with Crippen LogP contribution in [-0.2, 0) is 23.4 Å². The van der Waals surface area contributed by atoms with Gasteiger partial charge in [0.2, 0.25) is 5.95 Å².